The minimum atomic E-state index is -0.541. The van der Waals surface area contributed by atoms with Gasteiger partial charge in [-0.2, -0.15) is 0 Å². The van der Waals surface area contributed by atoms with Gasteiger partial charge in [0, 0.05) is 11.1 Å². The second kappa shape index (κ2) is 10.2. The van der Waals surface area contributed by atoms with Crippen molar-refractivity contribution in [2.75, 3.05) is 25.6 Å². The van der Waals surface area contributed by atoms with Gasteiger partial charge in [0.15, 0.2) is 0 Å². The lowest BCUT2D eigenvalue weighted by atomic mass is 10.3. The van der Waals surface area contributed by atoms with Gasteiger partial charge < -0.3 is 19.5 Å². The summed E-state index contributed by atoms with van der Waals surface area (Å²) in [5.41, 5.74) is 0. The zero-order chi connectivity index (χ0) is 18.1. The monoisotopic (exact) mass is 403 g/mol. The highest BCUT2D eigenvalue weighted by molar-refractivity contribution is 6.32. The van der Waals surface area contributed by atoms with Gasteiger partial charge in [-0.05, 0) is 30.3 Å². The summed E-state index contributed by atoms with van der Waals surface area (Å²) in [6.07, 6.45) is -0.541. The second-order valence-electron chi connectivity index (χ2n) is 4.75. The quantitative estimate of drug-likeness (QED) is 0.489. The van der Waals surface area contributed by atoms with Crippen molar-refractivity contribution in [3.63, 3.8) is 0 Å². The fourth-order valence-corrected chi connectivity index (χ4v) is 2.31. The molecule has 5 nitrogen and oxygen atoms in total. The first-order valence-electron chi connectivity index (χ1n) is 7.41. The Bertz CT molecular complexity index is 712. The molecule has 0 saturated heterocycles. The molecule has 0 aliphatic carbocycles. The third-order valence-corrected chi connectivity index (χ3v) is 3.56. The summed E-state index contributed by atoms with van der Waals surface area (Å²) < 4.78 is 16.0. The van der Waals surface area contributed by atoms with E-state index in [1.54, 1.807) is 42.5 Å². The Labute approximate surface area is 160 Å². The lowest BCUT2D eigenvalue weighted by Gasteiger charge is -2.11. The van der Waals surface area contributed by atoms with Crippen LogP contribution in [-0.4, -0.2) is 31.7 Å². The van der Waals surface area contributed by atoms with E-state index in [2.05, 4.69) is 5.32 Å². The molecule has 2 rings (SSSR count). The van der Waals surface area contributed by atoms with Crippen molar-refractivity contribution >= 4 is 40.9 Å². The van der Waals surface area contributed by atoms with E-state index in [0.717, 1.165) is 0 Å². The molecule has 2 aromatic carbocycles. The van der Waals surface area contributed by atoms with Crippen LogP contribution in [0, 0.1) is 0 Å². The molecule has 2 aromatic rings. The molecule has 0 bridgehead atoms. The Morgan fingerprint density at radius 3 is 2.56 bits per heavy atom. The Hall–Kier alpha value is -1.82. The summed E-state index contributed by atoms with van der Waals surface area (Å²) in [6, 6.07) is 12.1. The maximum atomic E-state index is 11.2. The standard InChI is InChI=1S/C17H16Cl3NO4/c18-6-8-24-17(22)21-7-9-23-16-5-4-14(11-15(16)20)25-13-3-1-2-12(19)10-13/h1-5,10-11H,6-9H2,(H,21,22). The fourth-order valence-electron chi connectivity index (χ4n) is 1.83. The number of hydrogen-bond donors (Lipinski definition) is 1. The second-order valence-corrected chi connectivity index (χ2v) is 5.97. The number of alkyl halides is 1. The van der Waals surface area contributed by atoms with E-state index in [1.165, 1.54) is 0 Å². The topological polar surface area (TPSA) is 56.8 Å². The van der Waals surface area contributed by atoms with Crippen molar-refractivity contribution in [2.45, 2.75) is 0 Å². The maximum absolute atomic E-state index is 11.2. The molecule has 0 aliphatic rings. The van der Waals surface area contributed by atoms with Crippen LogP contribution in [-0.2, 0) is 4.74 Å². The minimum absolute atomic E-state index is 0.161. The first-order chi connectivity index (χ1) is 12.1. The summed E-state index contributed by atoms with van der Waals surface area (Å²) in [5.74, 6) is 1.90. The van der Waals surface area contributed by atoms with Crippen LogP contribution in [0.25, 0.3) is 0 Å². The molecule has 25 heavy (non-hydrogen) atoms. The zero-order valence-electron chi connectivity index (χ0n) is 13.1. The van der Waals surface area contributed by atoms with E-state index in [0.29, 0.717) is 27.3 Å². The van der Waals surface area contributed by atoms with Gasteiger partial charge >= 0.3 is 6.09 Å². The van der Waals surface area contributed by atoms with Crippen molar-refractivity contribution in [1.29, 1.82) is 0 Å². The molecule has 0 aromatic heterocycles. The lowest BCUT2D eigenvalue weighted by molar-refractivity contribution is 0.150. The van der Waals surface area contributed by atoms with E-state index >= 15 is 0 Å². The van der Waals surface area contributed by atoms with Gasteiger partial charge in [0.25, 0.3) is 0 Å². The van der Waals surface area contributed by atoms with E-state index in [9.17, 15) is 4.79 Å². The summed E-state index contributed by atoms with van der Waals surface area (Å²) in [6.45, 7) is 0.677. The van der Waals surface area contributed by atoms with Gasteiger partial charge in [-0.15, -0.1) is 11.6 Å². The van der Waals surface area contributed by atoms with Crippen molar-refractivity contribution in [3.8, 4) is 17.2 Å². The molecule has 8 heteroatoms. The molecular weight excluding hydrogens is 389 g/mol. The van der Waals surface area contributed by atoms with Gasteiger partial charge in [-0.25, -0.2) is 4.79 Å². The number of hydrogen-bond acceptors (Lipinski definition) is 4. The molecule has 0 heterocycles. The summed E-state index contributed by atoms with van der Waals surface area (Å²) >= 11 is 17.5. The van der Waals surface area contributed by atoms with Crippen molar-refractivity contribution in [3.05, 3.63) is 52.5 Å². The molecule has 1 amide bonds. The Kier molecular flexibility index (Phi) is 7.98. The average molecular weight is 405 g/mol. The highest BCUT2D eigenvalue weighted by atomic mass is 35.5. The smallest absolute Gasteiger partial charge is 0.407 e. The van der Waals surface area contributed by atoms with E-state index < -0.39 is 6.09 Å². The molecule has 0 fully saturated rings. The Morgan fingerprint density at radius 2 is 1.84 bits per heavy atom. The third kappa shape index (κ3) is 6.90. The number of carbonyl (C=O) groups excluding carboxylic acids is 1. The van der Waals surface area contributed by atoms with Crippen LogP contribution in [0.4, 0.5) is 4.79 Å². The normalized spacial score (nSPS) is 10.2. The number of halogens is 3. The highest BCUT2D eigenvalue weighted by Crippen LogP contribution is 2.31. The first-order valence-corrected chi connectivity index (χ1v) is 8.70. The molecule has 0 saturated carbocycles. The van der Waals surface area contributed by atoms with Gasteiger partial charge in [0.2, 0.25) is 0 Å². The number of nitrogens with one attached hydrogen (secondary N) is 1. The summed E-state index contributed by atoms with van der Waals surface area (Å²) in [4.78, 5) is 11.2. The average Bonchev–Trinajstić information content (AvgIpc) is 2.58. The first kappa shape index (κ1) is 19.5. The predicted molar refractivity (Wildman–Crippen MR) is 98.5 cm³/mol. The van der Waals surface area contributed by atoms with Crippen molar-refractivity contribution < 1.29 is 19.0 Å². The van der Waals surface area contributed by atoms with Crippen molar-refractivity contribution in [1.82, 2.24) is 5.32 Å². The largest absolute Gasteiger partial charge is 0.490 e. The molecule has 0 unspecified atom stereocenters. The van der Waals surface area contributed by atoms with Gasteiger partial charge in [0.1, 0.15) is 30.5 Å². The molecule has 0 radical (unpaired) electrons. The molecular formula is C17H16Cl3NO4. The highest BCUT2D eigenvalue weighted by Gasteiger charge is 2.06. The van der Waals surface area contributed by atoms with Crippen LogP contribution in [0.5, 0.6) is 17.2 Å². The minimum Gasteiger partial charge on any atom is -0.490 e. The number of ether oxygens (including phenoxy) is 3. The number of amides is 1. The van der Waals surface area contributed by atoms with Crippen LogP contribution >= 0.6 is 34.8 Å². The Balaban J connectivity index is 1.82. The van der Waals surface area contributed by atoms with E-state index in [-0.39, 0.29) is 25.6 Å². The number of carbonyl (C=O) groups is 1. The van der Waals surface area contributed by atoms with Gasteiger partial charge in [-0.3, -0.25) is 0 Å². The van der Waals surface area contributed by atoms with Gasteiger partial charge in [0.05, 0.1) is 17.4 Å². The number of alkyl carbamates (subject to hydrolysis) is 1. The summed E-state index contributed by atoms with van der Waals surface area (Å²) in [7, 11) is 0. The van der Waals surface area contributed by atoms with Gasteiger partial charge in [-0.1, -0.05) is 29.3 Å². The van der Waals surface area contributed by atoms with Crippen LogP contribution in [0.3, 0.4) is 0 Å². The molecule has 0 aliphatic heterocycles. The fraction of sp³-hybridized carbons (Fsp3) is 0.235. The molecule has 1 N–H and O–H groups in total. The number of rotatable bonds is 8. The third-order valence-electron chi connectivity index (χ3n) is 2.87. The van der Waals surface area contributed by atoms with Crippen molar-refractivity contribution in [2.24, 2.45) is 0 Å². The maximum Gasteiger partial charge on any atom is 0.407 e. The van der Waals surface area contributed by atoms with Crippen LogP contribution in [0.2, 0.25) is 10.0 Å². The predicted octanol–water partition coefficient (Wildman–Crippen LogP) is 5.13. The lowest BCUT2D eigenvalue weighted by Crippen LogP contribution is -2.29. The van der Waals surface area contributed by atoms with E-state index in [4.69, 9.17) is 49.0 Å². The van der Waals surface area contributed by atoms with E-state index in [1.807, 2.05) is 0 Å². The molecule has 134 valence electrons. The summed E-state index contributed by atoms with van der Waals surface area (Å²) in [5, 5.41) is 3.51. The molecule has 0 spiro atoms. The van der Waals surface area contributed by atoms with Crippen LogP contribution < -0.4 is 14.8 Å². The zero-order valence-corrected chi connectivity index (χ0v) is 15.4. The molecule has 0 atom stereocenters. The number of benzene rings is 2. The van der Waals surface area contributed by atoms with Crippen LogP contribution in [0.15, 0.2) is 42.5 Å². The SMILES string of the molecule is O=C(NCCOc1ccc(Oc2cccc(Cl)c2)cc1Cl)OCCCl. The van der Waals surface area contributed by atoms with Crippen LogP contribution in [0.1, 0.15) is 0 Å². The Morgan fingerprint density at radius 1 is 1.04 bits per heavy atom.